The fraction of sp³-hybridized carbons (Fsp3) is 0.500. The van der Waals surface area contributed by atoms with Crippen LogP contribution in [0.1, 0.15) is 45.1 Å². The fourth-order valence-corrected chi connectivity index (χ4v) is 6.96. The lowest BCUT2D eigenvalue weighted by atomic mass is 9.96. The van der Waals surface area contributed by atoms with Gasteiger partial charge in [0, 0.05) is 17.6 Å². The van der Waals surface area contributed by atoms with E-state index in [1.54, 1.807) is 12.1 Å². The summed E-state index contributed by atoms with van der Waals surface area (Å²) in [7, 11) is -3.88. The molecule has 3 aromatic rings. The Labute approximate surface area is 218 Å². The minimum absolute atomic E-state index is 0.105. The molecule has 0 unspecified atom stereocenters. The summed E-state index contributed by atoms with van der Waals surface area (Å²) in [6.07, 6.45) is 1.47. The molecular formula is C24H28ClN4O7P. The van der Waals surface area contributed by atoms with Gasteiger partial charge in [0.1, 0.15) is 35.6 Å². The highest BCUT2D eigenvalue weighted by Crippen LogP contribution is 2.58. The molecule has 6 atom stereocenters. The molecule has 2 N–H and O–H groups in total. The molecule has 1 aromatic carbocycles. The number of ether oxygens (including phenoxy) is 3. The second-order valence-corrected chi connectivity index (χ2v) is 12.0. The third kappa shape index (κ3) is 4.47. The SMILES string of the molecule is CC1(C)O[C@@H]2[C@@H](CO[P@]3(=O)OCC[C@H](c4cccc(Cl)c4)O3)O[C@@H](n3ccc4c(N)ncnc43)[C@]2(C)O1. The fourth-order valence-electron chi connectivity index (χ4n) is 5.37. The highest BCUT2D eigenvalue weighted by molar-refractivity contribution is 7.48. The Morgan fingerprint density at radius 1 is 1.27 bits per heavy atom. The Hall–Kier alpha value is -2.08. The third-order valence-electron chi connectivity index (χ3n) is 6.87. The normalized spacial score (nSPS) is 35.1. The summed E-state index contributed by atoms with van der Waals surface area (Å²) in [4.78, 5) is 8.46. The zero-order valence-corrected chi connectivity index (χ0v) is 22.2. The molecule has 198 valence electrons. The van der Waals surface area contributed by atoms with E-state index in [4.69, 9.17) is 45.1 Å². The summed E-state index contributed by atoms with van der Waals surface area (Å²) in [5.41, 5.74) is 6.54. The highest BCUT2D eigenvalue weighted by Gasteiger charge is 2.64. The van der Waals surface area contributed by atoms with Crippen LogP contribution in [0.2, 0.25) is 5.02 Å². The van der Waals surface area contributed by atoms with Gasteiger partial charge in [-0.05, 0) is 44.5 Å². The summed E-state index contributed by atoms with van der Waals surface area (Å²) >= 11 is 6.12. The van der Waals surface area contributed by atoms with Crippen molar-refractivity contribution in [2.24, 2.45) is 0 Å². The number of anilines is 1. The van der Waals surface area contributed by atoms with Gasteiger partial charge in [0.2, 0.25) is 0 Å². The molecule has 0 spiro atoms. The van der Waals surface area contributed by atoms with Crippen molar-refractivity contribution in [3.05, 3.63) is 53.4 Å². The second kappa shape index (κ2) is 9.00. The van der Waals surface area contributed by atoms with Crippen LogP contribution in [0.5, 0.6) is 0 Å². The molecule has 3 saturated heterocycles. The van der Waals surface area contributed by atoms with Crippen LogP contribution in [0.15, 0.2) is 42.9 Å². The molecule has 0 aliphatic carbocycles. The van der Waals surface area contributed by atoms with Gasteiger partial charge in [-0.15, -0.1) is 0 Å². The van der Waals surface area contributed by atoms with Gasteiger partial charge >= 0.3 is 7.82 Å². The standard InChI is InChI=1S/C24H28ClN4O7P/c1-23(2)34-19-18(12-32-37(30)31-10-8-17(35-37)14-5-4-6-15(25)11-14)33-22(24(19,3)36-23)29-9-7-16-20(26)27-13-28-21(16)29/h4-7,9,11,13,17-19,22H,8,10,12H2,1-3H3,(H2,26,27,28)/t17-,18-,19-,22-,24-,37+/m1/s1. The second-order valence-electron chi connectivity index (χ2n) is 9.98. The molecule has 2 aromatic heterocycles. The van der Waals surface area contributed by atoms with E-state index in [0.29, 0.717) is 28.3 Å². The Morgan fingerprint density at radius 3 is 2.92 bits per heavy atom. The van der Waals surface area contributed by atoms with Crippen LogP contribution in [-0.2, 0) is 32.3 Å². The van der Waals surface area contributed by atoms with Gasteiger partial charge in [-0.3, -0.25) is 13.6 Å². The van der Waals surface area contributed by atoms with Gasteiger partial charge in [0.05, 0.1) is 24.7 Å². The summed E-state index contributed by atoms with van der Waals surface area (Å²) in [6.45, 7) is 5.70. The molecule has 0 radical (unpaired) electrons. The van der Waals surface area contributed by atoms with Crippen LogP contribution in [0.3, 0.4) is 0 Å². The first-order valence-electron chi connectivity index (χ1n) is 12.0. The molecular weight excluding hydrogens is 523 g/mol. The van der Waals surface area contributed by atoms with E-state index < -0.39 is 43.8 Å². The third-order valence-corrected chi connectivity index (χ3v) is 8.58. The summed E-state index contributed by atoms with van der Waals surface area (Å²) < 4.78 is 51.4. The summed E-state index contributed by atoms with van der Waals surface area (Å²) in [5, 5.41) is 1.27. The minimum atomic E-state index is -3.88. The predicted molar refractivity (Wildman–Crippen MR) is 134 cm³/mol. The van der Waals surface area contributed by atoms with E-state index in [0.717, 1.165) is 5.56 Å². The van der Waals surface area contributed by atoms with Gasteiger partial charge in [0.15, 0.2) is 12.0 Å². The van der Waals surface area contributed by atoms with Crippen LogP contribution < -0.4 is 5.73 Å². The quantitative estimate of drug-likeness (QED) is 0.443. The maximum absolute atomic E-state index is 13.4. The highest BCUT2D eigenvalue weighted by atomic mass is 35.5. The molecule has 0 saturated carbocycles. The number of hydrogen-bond acceptors (Lipinski definition) is 10. The lowest BCUT2D eigenvalue weighted by Gasteiger charge is -2.31. The lowest BCUT2D eigenvalue weighted by molar-refractivity contribution is -0.217. The number of nitrogens with two attached hydrogens (primary N) is 1. The zero-order chi connectivity index (χ0) is 26.0. The van der Waals surface area contributed by atoms with Crippen LogP contribution in [0, 0.1) is 0 Å². The van der Waals surface area contributed by atoms with Gasteiger partial charge in [-0.25, -0.2) is 14.5 Å². The van der Waals surface area contributed by atoms with E-state index >= 15 is 0 Å². The van der Waals surface area contributed by atoms with Crippen molar-refractivity contribution in [3.63, 3.8) is 0 Å². The van der Waals surface area contributed by atoms with Crippen LogP contribution in [0.4, 0.5) is 5.82 Å². The van der Waals surface area contributed by atoms with Crippen molar-refractivity contribution in [2.45, 2.75) is 63.1 Å². The number of rotatable bonds is 5. The molecule has 3 fully saturated rings. The number of aromatic nitrogens is 3. The Bertz CT molecular complexity index is 1390. The maximum Gasteiger partial charge on any atom is 0.475 e. The monoisotopic (exact) mass is 550 g/mol. The average molecular weight is 551 g/mol. The van der Waals surface area contributed by atoms with E-state index in [-0.39, 0.29) is 13.2 Å². The lowest BCUT2D eigenvalue weighted by Crippen LogP contribution is -2.42. The summed E-state index contributed by atoms with van der Waals surface area (Å²) in [6, 6.07) is 9.06. The zero-order valence-electron chi connectivity index (χ0n) is 20.6. The Balaban J connectivity index is 1.24. The van der Waals surface area contributed by atoms with Gasteiger partial charge in [-0.2, -0.15) is 0 Å². The van der Waals surface area contributed by atoms with Crippen LogP contribution >= 0.6 is 19.4 Å². The predicted octanol–water partition coefficient (Wildman–Crippen LogP) is 4.78. The Morgan fingerprint density at radius 2 is 2.11 bits per heavy atom. The van der Waals surface area contributed by atoms with Crippen molar-refractivity contribution >= 4 is 36.3 Å². The molecule has 13 heteroatoms. The molecule has 3 aliphatic heterocycles. The number of phosphoric ester groups is 1. The van der Waals surface area contributed by atoms with Crippen molar-refractivity contribution in [3.8, 4) is 0 Å². The van der Waals surface area contributed by atoms with Gasteiger partial charge < -0.3 is 24.5 Å². The largest absolute Gasteiger partial charge is 0.475 e. The van der Waals surface area contributed by atoms with Crippen molar-refractivity contribution in [2.75, 3.05) is 18.9 Å². The van der Waals surface area contributed by atoms with Crippen molar-refractivity contribution < 1.29 is 32.3 Å². The number of phosphoric acid groups is 1. The maximum atomic E-state index is 13.4. The van der Waals surface area contributed by atoms with Crippen LogP contribution in [-0.4, -0.2) is 51.3 Å². The smallest absolute Gasteiger partial charge is 0.383 e. The number of hydrogen-bond donors (Lipinski definition) is 1. The minimum Gasteiger partial charge on any atom is -0.383 e. The Kier molecular flexibility index (Phi) is 6.13. The van der Waals surface area contributed by atoms with E-state index in [2.05, 4.69) is 9.97 Å². The molecule has 37 heavy (non-hydrogen) atoms. The van der Waals surface area contributed by atoms with E-state index in [1.807, 2.05) is 49.7 Å². The molecule has 5 heterocycles. The first kappa shape index (κ1) is 25.2. The molecule has 0 bridgehead atoms. The van der Waals surface area contributed by atoms with Gasteiger partial charge in [-0.1, -0.05) is 23.7 Å². The summed E-state index contributed by atoms with van der Waals surface area (Å²) in [5.74, 6) is -0.512. The van der Waals surface area contributed by atoms with Gasteiger partial charge in [0.25, 0.3) is 0 Å². The first-order chi connectivity index (χ1) is 17.6. The van der Waals surface area contributed by atoms with E-state index in [9.17, 15) is 4.57 Å². The van der Waals surface area contributed by atoms with Crippen LogP contribution in [0.25, 0.3) is 11.0 Å². The number of nitrogens with zero attached hydrogens (tertiary/aromatic N) is 3. The molecule has 6 rings (SSSR count). The number of nitrogen functional groups attached to an aromatic ring is 1. The number of fused-ring (bicyclic) bond motifs is 2. The average Bonchev–Trinajstić information content (AvgIpc) is 3.45. The van der Waals surface area contributed by atoms with Crippen molar-refractivity contribution in [1.29, 1.82) is 0 Å². The van der Waals surface area contributed by atoms with Crippen molar-refractivity contribution in [1.82, 2.24) is 14.5 Å². The van der Waals surface area contributed by atoms with E-state index in [1.165, 1.54) is 6.33 Å². The molecule has 3 aliphatic rings. The first-order valence-corrected chi connectivity index (χ1v) is 13.8. The number of halogens is 1. The topological polar surface area (TPSA) is 129 Å². The molecule has 11 nitrogen and oxygen atoms in total. The molecule has 0 amide bonds. The number of benzene rings is 1.